The molecule has 0 fully saturated rings. The van der Waals surface area contributed by atoms with E-state index in [0.717, 1.165) is 25.7 Å². The van der Waals surface area contributed by atoms with Crippen LogP contribution in [0.2, 0.25) is 0 Å². The molecule has 1 amide bonds. The van der Waals surface area contributed by atoms with Crippen LogP contribution in [0.3, 0.4) is 0 Å². The molecule has 1 aliphatic rings. The van der Waals surface area contributed by atoms with E-state index < -0.39 is 6.09 Å². The second-order valence-electron chi connectivity index (χ2n) is 3.53. The van der Waals surface area contributed by atoms with Crippen LogP contribution in [0.5, 0.6) is 0 Å². The minimum Gasteiger partial charge on any atom is -0.453 e. The van der Waals surface area contributed by atoms with E-state index >= 15 is 0 Å². The number of ether oxygens (including phenoxy) is 1. The molecule has 0 aliphatic heterocycles. The van der Waals surface area contributed by atoms with Crippen molar-refractivity contribution >= 4 is 6.09 Å². The molecule has 1 unspecified atom stereocenters. The molecule has 1 aliphatic carbocycles. The second kappa shape index (κ2) is 5.65. The quantitative estimate of drug-likeness (QED) is 0.621. The molecule has 3 N–H and O–H groups in total. The number of hydrogen-bond donors (Lipinski definition) is 2. The average Bonchev–Trinajstić information content (AvgIpc) is 2.17. The molecule has 4 heteroatoms. The van der Waals surface area contributed by atoms with E-state index in [4.69, 9.17) is 5.73 Å². The Balaban J connectivity index is 2.47. The van der Waals surface area contributed by atoms with Gasteiger partial charge in [0.05, 0.1) is 7.11 Å². The topological polar surface area (TPSA) is 64.3 Å². The van der Waals surface area contributed by atoms with Gasteiger partial charge in [0.15, 0.2) is 0 Å². The SMILES string of the molecule is COC(=O)N[C@@H]1CC/C=C/CCC1N. The van der Waals surface area contributed by atoms with Crippen molar-refractivity contribution in [3.05, 3.63) is 12.2 Å². The molecule has 2 atom stereocenters. The number of nitrogens with two attached hydrogens (primary N) is 1. The number of hydrogen-bond acceptors (Lipinski definition) is 3. The summed E-state index contributed by atoms with van der Waals surface area (Å²) < 4.78 is 4.55. The van der Waals surface area contributed by atoms with E-state index in [1.54, 1.807) is 0 Å². The van der Waals surface area contributed by atoms with Crippen molar-refractivity contribution in [1.82, 2.24) is 5.32 Å². The fraction of sp³-hybridized carbons (Fsp3) is 0.700. The molecule has 1 rings (SSSR count). The van der Waals surface area contributed by atoms with Gasteiger partial charge >= 0.3 is 6.09 Å². The molecule has 0 heterocycles. The second-order valence-corrected chi connectivity index (χ2v) is 3.53. The van der Waals surface area contributed by atoms with E-state index in [1.165, 1.54) is 7.11 Å². The third kappa shape index (κ3) is 3.38. The largest absolute Gasteiger partial charge is 0.453 e. The fourth-order valence-electron chi connectivity index (χ4n) is 1.60. The van der Waals surface area contributed by atoms with Crippen LogP contribution in [0.15, 0.2) is 12.2 Å². The van der Waals surface area contributed by atoms with Crippen LogP contribution in [-0.2, 0) is 4.74 Å². The van der Waals surface area contributed by atoms with Crippen LogP contribution in [-0.4, -0.2) is 25.3 Å². The van der Waals surface area contributed by atoms with Gasteiger partial charge in [0, 0.05) is 12.1 Å². The Morgan fingerprint density at radius 2 is 2.07 bits per heavy atom. The first-order valence-electron chi connectivity index (χ1n) is 4.99. The summed E-state index contributed by atoms with van der Waals surface area (Å²) in [5.41, 5.74) is 5.95. The zero-order valence-electron chi connectivity index (χ0n) is 8.53. The minimum atomic E-state index is -0.394. The molecule has 0 saturated heterocycles. The molecule has 0 saturated carbocycles. The third-order valence-electron chi connectivity index (χ3n) is 2.48. The van der Waals surface area contributed by atoms with Crippen molar-refractivity contribution < 1.29 is 9.53 Å². The molecule has 0 aromatic heterocycles. The maximum atomic E-state index is 11.0. The van der Waals surface area contributed by atoms with E-state index in [9.17, 15) is 4.79 Å². The lowest BCUT2D eigenvalue weighted by molar-refractivity contribution is 0.163. The standard InChI is InChI=1S/C10H18N2O2/c1-14-10(13)12-9-7-5-3-2-4-6-8(9)11/h2-3,8-9H,4-7,11H2,1H3,(H,12,13)/b3-2+/t8?,9-/m1/s1. The number of amides is 1. The average molecular weight is 198 g/mol. The molecule has 0 aromatic rings. The molecule has 0 radical (unpaired) electrons. The number of nitrogens with one attached hydrogen (secondary N) is 1. The first-order chi connectivity index (χ1) is 6.74. The molecule has 0 aromatic carbocycles. The third-order valence-corrected chi connectivity index (χ3v) is 2.48. The predicted molar refractivity (Wildman–Crippen MR) is 54.9 cm³/mol. The van der Waals surface area contributed by atoms with Gasteiger partial charge in [0.25, 0.3) is 0 Å². The molecular formula is C10H18N2O2. The van der Waals surface area contributed by atoms with Gasteiger partial charge < -0.3 is 15.8 Å². The molecular weight excluding hydrogens is 180 g/mol. The maximum absolute atomic E-state index is 11.0. The Morgan fingerprint density at radius 1 is 1.43 bits per heavy atom. The molecule has 0 bridgehead atoms. The van der Waals surface area contributed by atoms with Crippen molar-refractivity contribution in [3.63, 3.8) is 0 Å². The normalized spacial score (nSPS) is 29.9. The van der Waals surface area contributed by atoms with Crippen LogP contribution in [0.1, 0.15) is 25.7 Å². The summed E-state index contributed by atoms with van der Waals surface area (Å²) in [4.78, 5) is 11.0. The number of carbonyl (C=O) groups excluding carboxylic acids is 1. The highest BCUT2D eigenvalue weighted by atomic mass is 16.5. The lowest BCUT2D eigenvalue weighted by atomic mass is 9.96. The number of rotatable bonds is 1. The zero-order valence-corrected chi connectivity index (χ0v) is 8.53. The van der Waals surface area contributed by atoms with Crippen molar-refractivity contribution in [1.29, 1.82) is 0 Å². The van der Waals surface area contributed by atoms with Crippen LogP contribution in [0.25, 0.3) is 0 Å². The predicted octanol–water partition coefficient (Wildman–Crippen LogP) is 1.17. The van der Waals surface area contributed by atoms with E-state index in [-0.39, 0.29) is 12.1 Å². The first kappa shape index (κ1) is 11.0. The van der Waals surface area contributed by atoms with Crippen LogP contribution >= 0.6 is 0 Å². The van der Waals surface area contributed by atoms with Crippen LogP contribution in [0.4, 0.5) is 4.79 Å². The Labute approximate surface area is 84.5 Å². The van der Waals surface area contributed by atoms with Gasteiger partial charge in [-0.3, -0.25) is 0 Å². The fourth-order valence-corrected chi connectivity index (χ4v) is 1.60. The molecule has 0 spiro atoms. The number of allylic oxidation sites excluding steroid dienone is 2. The highest BCUT2D eigenvalue weighted by molar-refractivity contribution is 5.67. The summed E-state index contributed by atoms with van der Waals surface area (Å²) in [7, 11) is 1.36. The Bertz CT molecular complexity index is 216. The minimum absolute atomic E-state index is 0.0269. The Kier molecular flexibility index (Phi) is 4.46. The van der Waals surface area contributed by atoms with Crippen molar-refractivity contribution in [2.75, 3.05) is 7.11 Å². The summed E-state index contributed by atoms with van der Waals surface area (Å²) in [6.07, 6.45) is 7.63. The van der Waals surface area contributed by atoms with Crippen molar-refractivity contribution in [3.8, 4) is 0 Å². The van der Waals surface area contributed by atoms with Gasteiger partial charge in [-0.15, -0.1) is 0 Å². The summed E-state index contributed by atoms with van der Waals surface area (Å²) in [6.45, 7) is 0. The summed E-state index contributed by atoms with van der Waals surface area (Å²) in [5.74, 6) is 0. The summed E-state index contributed by atoms with van der Waals surface area (Å²) >= 11 is 0. The highest BCUT2D eigenvalue weighted by Gasteiger charge is 2.19. The number of alkyl carbamates (subject to hydrolysis) is 1. The lowest BCUT2D eigenvalue weighted by Gasteiger charge is -2.24. The van der Waals surface area contributed by atoms with Crippen LogP contribution < -0.4 is 11.1 Å². The monoisotopic (exact) mass is 198 g/mol. The van der Waals surface area contributed by atoms with Gasteiger partial charge in [0.2, 0.25) is 0 Å². The Morgan fingerprint density at radius 3 is 2.71 bits per heavy atom. The summed E-state index contributed by atoms with van der Waals surface area (Å²) in [5, 5.41) is 2.77. The summed E-state index contributed by atoms with van der Waals surface area (Å²) in [6, 6.07) is 0.0615. The molecule has 4 nitrogen and oxygen atoms in total. The first-order valence-corrected chi connectivity index (χ1v) is 4.99. The van der Waals surface area contributed by atoms with Crippen molar-refractivity contribution in [2.24, 2.45) is 5.73 Å². The molecule has 80 valence electrons. The van der Waals surface area contributed by atoms with E-state index in [1.807, 2.05) is 0 Å². The Hall–Kier alpha value is -1.03. The molecule has 14 heavy (non-hydrogen) atoms. The van der Waals surface area contributed by atoms with Gasteiger partial charge in [-0.05, 0) is 25.7 Å². The van der Waals surface area contributed by atoms with Gasteiger partial charge in [-0.2, -0.15) is 0 Å². The van der Waals surface area contributed by atoms with E-state index in [2.05, 4.69) is 22.2 Å². The maximum Gasteiger partial charge on any atom is 0.407 e. The van der Waals surface area contributed by atoms with Crippen LogP contribution in [0, 0.1) is 0 Å². The van der Waals surface area contributed by atoms with E-state index in [0.29, 0.717) is 0 Å². The highest BCUT2D eigenvalue weighted by Crippen LogP contribution is 2.11. The van der Waals surface area contributed by atoms with Crippen molar-refractivity contribution in [2.45, 2.75) is 37.8 Å². The van der Waals surface area contributed by atoms with Gasteiger partial charge in [-0.1, -0.05) is 12.2 Å². The smallest absolute Gasteiger partial charge is 0.407 e. The van der Waals surface area contributed by atoms with Gasteiger partial charge in [-0.25, -0.2) is 4.79 Å². The lowest BCUT2D eigenvalue weighted by Crippen LogP contribution is -2.47. The number of carbonyl (C=O) groups is 1. The zero-order chi connectivity index (χ0) is 10.4. The number of methoxy groups -OCH3 is 1. The van der Waals surface area contributed by atoms with Gasteiger partial charge in [0.1, 0.15) is 0 Å².